The average molecular weight is 222 g/mol. The first-order valence-electron chi connectivity index (χ1n) is 5.37. The highest BCUT2D eigenvalue weighted by Crippen LogP contribution is 2.08. The molecule has 1 amide bonds. The van der Waals surface area contributed by atoms with Gasteiger partial charge in [-0.25, -0.2) is 4.79 Å². The Morgan fingerprint density at radius 1 is 1.31 bits per heavy atom. The number of carbonyl (C=O) groups excluding carboxylic acids is 1. The largest absolute Gasteiger partial charge is 0.412 e. The summed E-state index contributed by atoms with van der Waals surface area (Å²) in [5.41, 5.74) is 0. The Kier molecular flexibility index (Phi) is 5.36. The molecule has 4 nitrogen and oxygen atoms in total. The third-order valence-corrected chi connectivity index (χ3v) is 2.10. The van der Waals surface area contributed by atoms with E-state index < -0.39 is 6.09 Å². The van der Waals surface area contributed by atoms with Crippen molar-refractivity contribution in [1.82, 2.24) is 10.6 Å². The number of carbonyl (C=O) groups is 1. The van der Waals surface area contributed by atoms with Crippen molar-refractivity contribution in [3.05, 3.63) is 30.3 Å². The molecule has 0 spiro atoms. The number of para-hydroxylation sites is 1. The first-order chi connectivity index (χ1) is 7.72. The van der Waals surface area contributed by atoms with Crippen LogP contribution in [0.3, 0.4) is 0 Å². The van der Waals surface area contributed by atoms with Gasteiger partial charge in [-0.3, -0.25) is 0 Å². The highest BCUT2D eigenvalue weighted by Gasteiger charge is 2.06. The van der Waals surface area contributed by atoms with E-state index in [0.717, 1.165) is 6.54 Å². The second-order valence-corrected chi connectivity index (χ2v) is 3.75. The van der Waals surface area contributed by atoms with Gasteiger partial charge in [-0.05, 0) is 31.6 Å². The van der Waals surface area contributed by atoms with Crippen molar-refractivity contribution >= 4 is 6.09 Å². The van der Waals surface area contributed by atoms with Crippen molar-refractivity contribution < 1.29 is 9.53 Å². The summed E-state index contributed by atoms with van der Waals surface area (Å²) < 4.78 is 5.07. The molecule has 16 heavy (non-hydrogen) atoms. The predicted octanol–water partition coefficient (Wildman–Crippen LogP) is 1.63. The fourth-order valence-corrected chi connectivity index (χ4v) is 1.31. The first-order valence-corrected chi connectivity index (χ1v) is 5.37. The highest BCUT2D eigenvalue weighted by molar-refractivity contribution is 5.70. The molecule has 1 aromatic carbocycles. The second kappa shape index (κ2) is 6.85. The summed E-state index contributed by atoms with van der Waals surface area (Å²) >= 11 is 0. The van der Waals surface area contributed by atoms with Crippen molar-refractivity contribution in [2.75, 3.05) is 20.1 Å². The van der Waals surface area contributed by atoms with Crippen LogP contribution < -0.4 is 15.4 Å². The van der Waals surface area contributed by atoms with E-state index >= 15 is 0 Å². The zero-order valence-electron chi connectivity index (χ0n) is 9.69. The molecular formula is C12H18N2O2. The van der Waals surface area contributed by atoms with Crippen LogP contribution in [0, 0.1) is 5.92 Å². The molecule has 1 aromatic rings. The van der Waals surface area contributed by atoms with Crippen LogP contribution in [0.15, 0.2) is 30.3 Å². The summed E-state index contributed by atoms with van der Waals surface area (Å²) in [6.07, 6.45) is -0.408. The normalized spacial score (nSPS) is 11.9. The van der Waals surface area contributed by atoms with Crippen molar-refractivity contribution in [2.24, 2.45) is 5.92 Å². The molecule has 0 bridgehead atoms. The molecule has 0 saturated heterocycles. The Morgan fingerprint density at radius 3 is 2.62 bits per heavy atom. The number of rotatable bonds is 5. The summed E-state index contributed by atoms with van der Waals surface area (Å²) in [4.78, 5) is 11.4. The van der Waals surface area contributed by atoms with Crippen LogP contribution in [0.5, 0.6) is 5.75 Å². The molecule has 2 N–H and O–H groups in total. The average Bonchev–Trinajstić information content (AvgIpc) is 2.28. The maximum absolute atomic E-state index is 11.4. The molecule has 0 radical (unpaired) electrons. The van der Waals surface area contributed by atoms with Crippen LogP contribution in [-0.4, -0.2) is 26.2 Å². The van der Waals surface area contributed by atoms with Crippen LogP contribution in [0.4, 0.5) is 4.79 Å². The lowest BCUT2D eigenvalue weighted by molar-refractivity contribution is 0.198. The first kappa shape index (κ1) is 12.5. The summed E-state index contributed by atoms with van der Waals surface area (Å²) in [5.74, 6) is 0.939. The Labute approximate surface area is 96.0 Å². The highest BCUT2D eigenvalue weighted by atomic mass is 16.5. The van der Waals surface area contributed by atoms with Gasteiger partial charge in [0.05, 0.1) is 0 Å². The van der Waals surface area contributed by atoms with Gasteiger partial charge in [-0.15, -0.1) is 0 Å². The molecule has 0 heterocycles. The number of hydrogen-bond acceptors (Lipinski definition) is 3. The van der Waals surface area contributed by atoms with E-state index in [1.54, 1.807) is 12.1 Å². The maximum Gasteiger partial charge on any atom is 0.412 e. The minimum atomic E-state index is -0.408. The number of amides is 1. The molecule has 1 rings (SSSR count). The minimum absolute atomic E-state index is 0.383. The second-order valence-electron chi connectivity index (χ2n) is 3.75. The van der Waals surface area contributed by atoms with Gasteiger partial charge >= 0.3 is 6.09 Å². The van der Waals surface area contributed by atoms with Crippen LogP contribution in [0.1, 0.15) is 6.92 Å². The number of ether oxygens (including phenoxy) is 1. The molecule has 0 fully saturated rings. The third-order valence-electron chi connectivity index (χ3n) is 2.10. The third kappa shape index (κ3) is 4.79. The number of nitrogens with one attached hydrogen (secondary N) is 2. The van der Waals surface area contributed by atoms with Gasteiger partial charge in [0.1, 0.15) is 5.75 Å². The molecule has 88 valence electrons. The molecule has 4 heteroatoms. The van der Waals surface area contributed by atoms with E-state index in [0.29, 0.717) is 18.2 Å². The summed E-state index contributed by atoms with van der Waals surface area (Å²) in [5, 5.41) is 5.76. The lowest BCUT2D eigenvalue weighted by Gasteiger charge is -2.11. The van der Waals surface area contributed by atoms with E-state index in [2.05, 4.69) is 17.6 Å². The molecule has 0 saturated carbocycles. The van der Waals surface area contributed by atoms with E-state index in [1.165, 1.54) is 0 Å². The van der Waals surface area contributed by atoms with Gasteiger partial charge in [-0.2, -0.15) is 0 Å². The van der Waals surface area contributed by atoms with E-state index in [9.17, 15) is 4.79 Å². The fraction of sp³-hybridized carbons (Fsp3) is 0.417. The lowest BCUT2D eigenvalue weighted by Crippen LogP contribution is -2.33. The molecule has 0 aliphatic heterocycles. The van der Waals surface area contributed by atoms with Gasteiger partial charge in [0.25, 0.3) is 0 Å². The van der Waals surface area contributed by atoms with Gasteiger partial charge in [0, 0.05) is 6.54 Å². The molecule has 1 atom stereocenters. The monoisotopic (exact) mass is 222 g/mol. The van der Waals surface area contributed by atoms with Crippen molar-refractivity contribution in [3.8, 4) is 5.75 Å². The Hall–Kier alpha value is -1.55. The Bertz CT molecular complexity index is 314. The quantitative estimate of drug-likeness (QED) is 0.796. The van der Waals surface area contributed by atoms with E-state index in [-0.39, 0.29) is 0 Å². The summed E-state index contributed by atoms with van der Waals surface area (Å²) in [6.45, 7) is 3.53. The van der Waals surface area contributed by atoms with Crippen LogP contribution in [-0.2, 0) is 0 Å². The van der Waals surface area contributed by atoms with Crippen LogP contribution in [0.25, 0.3) is 0 Å². The predicted molar refractivity (Wildman–Crippen MR) is 63.6 cm³/mol. The molecule has 0 aromatic heterocycles. The van der Waals surface area contributed by atoms with Crippen molar-refractivity contribution in [1.29, 1.82) is 0 Å². The molecule has 1 unspecified atom stereocenters. The summed E-state index contributed by atoms with van der Waals surface area (Å²) in [7, 11) is 1.89. The Morgan fingerprint density at radius 2 is 2.00 bits per heavy atom. The van der Waals surface area contributed by atoms with E-state index in [1.807, 2.05) is 25.2 Å². The minimum Gasteiger partial charge on any atom is -0.410 e. The van der Waals surface area contributed by atoms with Gasteiger partial charge in [-0.1, -0.05) is 25.1 Å². The SMILES string of the molecule is CNCC(C)CNC(=O)Oc1ccccc1. The molecular weight excluding hydrogens is 204 g/mol. The van der Waals surface area contributed by atoms with Crippen molar-refractivity contribution in [3.63, 3.8) is 0 Å². The number of hydrogen-bond donors (Lipinski definition) is 2. The molecule has 0 aliphatic carbocycles. The van der Waals surface area contributed by atoms with Gasteiger partial charge < -0.3 is 15.4 Å². The molecule has 0 aliphatic rings. The maximum atomic E-state index is 11.4. The van der Waals surface area contributed by atoms with E-state index in [4.69, 9.17) is 4.74 Å². The topological polar surface area (TPSA) is 50.4 Å². The van der Waals surface area contributed by atoms with Crippen LogP contribution in [0.2, 0.25) is 0 Å². The van der Waals surface area contributed by atoms with Gasteiger partial charge in [0.2, 0.25) is 0 Å². The smallest absolute Gasteiger partial charge is 0.410 e. The van der Waals surface area contributed by atoms with Gasteiger partial charge in [0.15, 0.2) is 0 Å². The zero-order valence-corrected chi connectivity index (χ0v) is 9.69. The van der Waals surface area contributed by atoms with Crippen molar-refractivity contribution in [2.45, 2.75) is 6.92 Å². The Balaban J connectivity index is 2.26. The van der Waals surface area contributed by atoms with Crippen LogP contribution >= 0.6 is 0 Å². The zero-order chi connectivity index (χ0) is 11.8. The summed E-state index contributed by atoms with van der Waals surface area (Å²) in [6, 6.07) is 9.02. The number of benzene rings is 1. The standard InChI is InChI=1S/C12H18N2O2/c1-10(8-13-2)9-14-12(15)16-11-6-4-3-5-7-11/h3-7,10,13H,8-9H2,1-2H3,(H,14,15). The fourth-order valence-electron chi connectivity index (χ4n) is 1.31. The lowest BCUT2D eigenvalue weighted by atomic mass is 10.2.